The van der Waals surface area contributed by atoms with Crippen LogP contribution in [0.15, 0.2) is 48.0 Å². The molecule has 1 heterocycles. The molecule has 1 aromatic carbocycles. The number of phosphoric acid groups is 1. The van der Waals surface area contributed by atoms with E-state index < -0.39 is 98.4 Å². The number of aliphatic hydroxyl groups is 2. The summed E-state index contributed by atoms with van der Waals surface area (Å²) >= 11 is 0. The van der Waals surface area contributed by atoms with E-state index in [0.717, 1.165) is 18.9 Å². The van der Waals surface area contributed by atoms with E-state index in [-0.39, 0.29) is 44.9 Å². The average molecular weight is 940 g/mol. The zero-order chi connectivity index (χ0) is 48.7. The normalized spacial score (nSPS) is 14.7. The van der Waals surface area contributed by atoms with Crippen LogP contribution in [0.1, 0.15) is 78.5 Å². The van der Waals surface area contributed by atoms with Crippen LogP contribution in [0.5, 0.6) is 0 Å². The van der Waals surface area contributed by atoms with Gasteiger partial charge in [-0.3, -0.25) is 33.3 Å². The second-order valence-corrected chi connectivity index (χ2v) is 17.5. The molecule has 23 nitrogen and oxygen atoms in total. The Hall–Kier alpha value is -5.29. The third kappa shape index (κ3) is 22.0. The molecular formula is C41H66N9O14P. The molecule has 0 radical (unpaired) electrons. The lowest BCUT2D eigenvalue weighted by molar-refractivity contribution is -0.141. The van der Waals surface area contributed by atoms with E-state index in [9.17, 15) is 43.5 Å². The zero-order valence-electron chi connectivity index (χ0n) is 37.7. The Morgan fingerprint density at radius 2 is 1.62 bits per heavy atom. The van der Waals surface area contributed by atoms with Crippen LogP contribution < -0.4 is 27.0 Å². The maximum atomic E-state index is 14.0. The lowest BCUT2D eigenvalue weighted by atomic mass is 10.0. The fourth-order valence-electron chi connectivity index (χ4n) is 6.05. The van der Waals surface area contributed by atoms with Gasteiger partial charge in [0.25, 0.3) is 0 Å². The number of oxime groups is 1. The molecule has 2 aromatic rings. The first kappa shape index (κ1) is 55.8. The number of carbonyl (C=O) groups excluding carboxylic acids is 6. The number of H-pyrrole nitrogens is 1. The molecule has 65 heavy (non-hydrogen) atoms. The Morgan fingerprint density at radius 3 is 2.18 bits per heavy atom. The minimum atomic E-state index is -5.13. The number of rotatable bonds is 31. The number of hydrogen-bond donors (Lipinski definition) is 10. The third-order valence-electron chi connectivity index (χ3n) is 9.61. The number of carbonyl (C=O) groups is 6. The molecule has 0 aliphatic heterocycles. The van der Waals surface area contributed by atoms with E-state index in [1.54, 1.807) is 33.9 Å². The summed E-state index contributed by atoms with van der Waals surface area (Å²) in [6.07, 6.45) is 3.54. The van der Waals surface area contributed by atoms with Gasteiger partial charge < -0.3 is 66.5 Å². The summed E-state index contributed by atoms with van der Waals surface area (Å²) in [7, 11) is -5.13. The van der Waals surface area contributed by atoms with Crippen molar-refractivity contribution in [1.82, 2.24) is 36.1 Å². The van der Waals surface area contributed by atoms with Crippen LogP contribution in [0.3, 0.4) is 0 Å². The lowest BCUT2D eigenvalue weighted by Gasteiger charge is -2.29. The summed E-state index contributed by atoms with van der Waals surface area (Å²) < 4.78 is 21.5. The fraction of sp³-hybridized carbons (Fsp3) is 0.610. The average Bonchev–Trinajstić information content (AvgIpc) is 3.75. The van der Waals surface area contributed by atoms with Gasteiger partial charge in [0.05, 0.1) is 57.4 Å². The number of benzene rings is 1. The van der Waals surface area contributed by atoms with Crippen molar-refractivity contribution >= 4 is 49.5 Å². The number of imidazole rings is 1. The van der Waals surface area contributed by atoms with Crippen LogP contribution in [-0.4, -0.2) is 151 Å². The number of ether oxygens (including phenoxy) is 1. The number of nitrogens with two attached hydrogens (primary N) is 1. The third-order valence-corrected chi connectivity index (χ3v) is 10.2. The minimum absolute atomic E-state index is 0.0506. The molecule has 11 N–H and O–H groups in total. The number of nitrogens with one attached hydrogen (secondary N) is 5. The number of nitrogens with zero attached hydrogens (tertiary/aromatic N) is 3. The monoisotopic (exact) mass is 939 g/mol. The first-order valence-electron chi connectivity index (χ1n) is 21.1. The number of hydrogen-bond acceptors (Lipinski definition) is 14. The van der Waals surface area contributed by atoms with Gasteiger partial charge in [0.1, 0.15) is 30.3 Å². The number of aliphatic hydroxyl groups excluding tert-OH is 2. The summed E-state index contributed by atoms with van der Waals surface area (Å²) in [6, 6.07) is 3.53. The van der Waals surface area contributed by atoms with Gasteiger partial charge in [-0.15, -0.1) is 0 Å². The molecule has 0 saturated carbocycles. The van der Waals surface area contributed by atoms with Gasteiger partial charge in [0.2, 0.25) is 35.4 Å². The SMILES string of the molecule is CC[C@@H](CN(CC(=O)N[C@@H](CC(C)C)C(=O)N[C@@H](Cc1cnc[nH]1)C(=O)N[C@@H](CO)C(=O)N[C@H](C(N)=O)C(C)OP(=O)(O)O)C(=O)CCOC(C)(C)CO)O/N=C\CCc1ccccc1. The van der Waals surface area contributed by atoms with E-state index >= 15 is 0 Å². The van der Waals surface area contributed by atoms with Gasteiger partial charge in [-0.25, -0.2) is 9.55 Å². The fourth-order valence-corrected chi connectivity index (χ4v) is 6.60. The Kier molecular flexibility index (Phi) is 24.0. The van der Waals surface area contributed by atoms with Gasteiger partial charge in [0, 0.05) is 24.5 Å². The van der Waals surface area contributed by atoms with Gasteiger partial charge >= 0.3 is 7.82 Å². The number of amides is 6. The second-order valence-electron chi connectivity index (χ2n) is 16.3. The number of aromatic nitrogens is 2. The van der Waals surface area contributed by atoms with Crippen LogP contribution in [0.25, 0.3) is 0 Å². The Morgan fingerprint density at radius 1 is 0.969 bits per heavy atom. The highest BCUT2D eigenvalue weighted by Crippen LogP contribution is 2.38. The maximum absolute atomic E-state index is 14.0. The number of primary amides is 1. The molecule has 0 spiro atoms. The molecular weight excluding hydrogens is 873 g/mol. The van der Waals surface area contributed by atoms with Crippen molar-refractivity contribution in [3.8, 4) is 0 Å². The van der Waals surface area contributed by atoms with Crippen molar-refractivity contribution in [2.45, 2.75) is 122 Å². The Balaban J connectivity index is 2.28. The van der Waals surface area contributed by atoms with Crippen molar-refractivity contribution in [1.29, 1.82) is 0 Å². The van der Waals surface area contributed by atoms with E-state index in [1.165, 1.54) is 17.4 Å². The molecule has 0 bridgehead atoms. The molecule has 24 heteroatoms. The minimum Gasteiger partial charge on any atom is -0.394 e. The van der Waals surface area contributed by atoms with Crippen molar-refractivity contribution in [3.63, 3.8) is 0 Å². The molecule has 0 saturated heterocycles. The van der Waals surface area contributed by atoms with Crippen LogP contribution >= 0.6 is 7.82 Å². The predicted molar refractivity (Wildman–Crippen MR) is 235 cm³/mol. The summed E-state index contributed by atoms with van der Waals surface area (Å²) in [5.41, 5.74) is 5.88. The molecule has 6 atom stereocenters. The molecule has 364 valence electrons. The number of aromatic amines is 1. The van der Waals surface area contributed by atoms with Crippen molar-refractivity contribution in [3.05, 3.63) is 54.1 Å². The van der Waals surface area contributed by atoms with E-state index in [2.05, 4.69) is 40.9 Å². The maximum Gasteiger partial charge on any atom is 0.469 e. The van der Waals surface area contributed by atoms with E-state index in [4.69, 9.17) is 25.1 Å². The highest BCUT2D eigenvalue weighted by atomic mass is 31.2. The van der Waals surface area contributed by atoms with Gasteiger partial charge in [0.15, 0.2) is 0 Å². The molecule has 2 rings (SSSR count). The first-order chi connectivity index (χ1) is 30.6. The second kappa shape index (κ2) is 27.9. The van der Waals surface area contributed by atoms with Crippen molar-refractivity contribution < 1.29 is 67.4 Å². The van der Waals surface area contributed by atoms with Gasteiger partial charge in [-0.2, -0.15) is 0 Å². The molecule has 6 amide bonds. The molecule has 0 fully saturated rings. The van der Waals surface area contributed by atoms with Crippen LogP contribution in [0.2, 0.25) is 0 Å². The molecule has 0 aliphatic rings. The predicted octanol–water partition coefficient (Wildman–Crippen LogP) is -0.667. The van der Waals surface area contributed by atoms with Crippen molar-refractivity contribution in [2.24, 2.45) is 16.8 Å². The highest BCUT2D eigenvalue weighted by Gasteiger charge is 2.35. The highest BCUT2D eigenvalue weighted by molar-refractivity contribution is 7.46. The summed E-state index contributed by atoms with van der Waals surface area (Å²) in [6.45, 7) is 7.85. The molecule has 1 unspecified atom stereocenters. The summed E-state index contributed by atoms with van der Waals surface area (Å²) in [4.78, 5) is 112. The van der Waals surface area contributed by atoms with Gasteiger partial charge in [-0.05, 0) is 57.9 Å². The van der Waals surface area contributed by atoms with Crippen LogP contribution in [-0.2, 0) is 60.3 Å². The quantitative estimate of drug-likeness (QED) is 0.0255. The standard InChI is InChI=1S/C41H66N9O14P/c1-7-30(63-45-16-11-14-28-12-9-8-10-13-28)21-50(35(54)15-17-62-41(5,6)24-52)22-34(53)46-31(18-26(2)3)38(56)47-32(19-29-20-43-25-44-29)39(57)48-33(23-51)40(58)49-36(37(42)55)27(4)64-65(59,60)61/h8-10,12-13,16,20,25-27,30-33,36,51-52H,7,11,14-15,17-19,21-24H2,1-6H3,(H2,42,55)(H,43,44)(H,46,53)(H,47,56)(H,48,57)(H,49,58)(H2,59,60,61)/b45-16-/t27?,30-,31-,32-,33-,36-/m0/s1. The number of aryl methyl sites for hydroxylation is 1. The Bertz CT molecular complexity index is 1880. The summed E-state index contributed by atoms with van der Waals surface area (Å²) in [5, 5.41) is 33.4. The smallest absolute Gasteiger partial charge is 0.394 e. The lowest BCUT2D eigenvalue weighted by Crippen LogP contribution is -2.61. The van der Waals surface area contributed by atoms with Crippen LogP contribution in [0, 0.1) is 5.92 Å². The topological polar surface area (TPSA) is 347 Å². The van der Waals surface area contributed by atoms with E-state index in [1.807, 2.05) is 37.3 Å². The van der Waals surface area contributed by atoms with Gasteiger partial charge in [-0.1, -0.05) is 56.3 Å². The van der Waals surface area contributed by atoms with Crippen molar-refractivity contribution in [2.75, 3.05) is 32.9 Å². The Labute approximate surface area is 378 Å². The largest absolute Gasteiger partial charge is 0.469 e. The molecule has 1 aromatic heterocycles. The number of phosphoric ester groups is 1. The zero-order valence-corrected chi connectivity index (χ0v) is 38.6. The van der Waals surface area contributed by atoms with Crippen LogP contribution in [0.4, 0.5) is 0 Å². The first-order valence-corrected chi connectivity index (χ1v) is 22.7. The molecule has 0 aliphatic carbocycles. The summed E-state index contributed by atoms with van der Waals surface area (Å²) in [5.74, 6) is -5.61. The van der Waals surface area contributed by atoms with E-state index in [0.29, 0.717) is 18.5 Å².